The van der Waals surface area contributed by atoms with Crippen molar-refractivity contribution in [3.8, 4) is 0 Å². The van der Waals surface area contributed by atoms with E-state index >= 15 is 0 Å². The zero-order chi connectivity index (χ0) is 22.8. The van der Waals surface area contributed by atoms with Gasteiger partial charge in [-0.2, -0.15) is 0 Å². The number of carbonyl (C=O) groups excluding carboxylic acids is 2. The molecule has 8 heteroatoms. The third-order valence-corrected chi connectivity index (χ3v) is 5.77. The molecule has 0 heterocycles. The zero-order valence-electron chi connectivity index (χ0n) is 18.7. The summed E-state index contributed by atoms with van der Waals surface area (Å²) in [6, 6.07) is 0. The Bertz CT molecular complexity index is 451. The molecule has 0 aromatic rings. The molecule has 1 saturated carbocycles. The lowest BCUT2D eigenvalue weighted by Gasteiger charge is -2.43. The summed E-state index contributed by atoms with van der Waals surface area (Å²) in [4.78, 5) is 25.0. The highest BCUT2D eigenvalue weighted by Gasteiger charge is 2.53. The summed E-state index contributed by atoms with van der Waals surface area (Å²) in [6.45, 7) is 7.77. The fourth-order valence-corrected chi connectivity index (χ4v) is 4.07. The van der Waals surface area contributed by atoms with Gasteiger partial charge in [-0.1, -0.05) is 53.4 Å². The molecule has 0 saturated heterocycles. The van der Waals surface area contributed by atoms with Crippen molar-refractivity contribution in [2.24, 2.45) is 11.8 Å². The van der Waals surface area contributed by atoms with E-state index in [1.165, 1.54) is 0 Å². The maximum atomic E-state index is 12.5. The summed E-state index contributed by atoms with van der Waals surface area (Å²) in [7, 11) is 0. The molecule has 6 atom stereocenters. The molecule has 0 spiro atoms. The average Bonchev–Trinajstić information content (AvgIpc) is 2.72. The molecule has 1 aliphatic rings. The predicted molar refractivity (Wildman–Crippen MR) is 110 cm³/mol. The highest BCUT2D eigenvalue weighted by molar-refractivity contribution is 5.73. The van der Waals surface area contributed by atoms with Crippen molar-refractivity contribution in [1.29, 1.82) is 0 Å². The van der Waals surface area contributed by atoms with Gasteiger partial charge >= 0.3 is 11.9 Å². The number of rotatable bonds is 12. The summed E-state index contributed by atoms with van der Waals surface area (Å²) < 4.78 is 10.6. The van der Waals surface area contributed by atoms with Crippen LogP contribution in [0.15, 0.2) is 0 Å². The Morgan fingerprint density at radius 2 is 0.833 bits per heavy atom. The number of aliphatic hydroxyl groups excluding tert-OH is 4. The van der Waals surface area contributed by atoms with Crippen molar-refractivity contribution >= 4 is 11.9 Å². The number of hydrogen-bond acceptors (Lipinski definition) is 8. The van der Waals surface area contributed by atoms with Gasteiger partial charge in [0.25, 0.3) is 0 Å². The fourth-order valence-electron chi connectivity index (χ4n) is 4.07. The van der Waals surface area contributed by atoms with Gasteiger partial charge in [-0.05, 0) is 25.7 Å². The van der Waals surface area contributed by atoms with Gasteiger partial charge < -0.3 is 29.9 Å². The molecule has 1 fully saturated rings. The second kappa shape index (κ2) is 13.2. The second-order valence-electron chi connectivity index (χ2n) is 8.31. The molecular formula is C22H40O8. The van der Waals surface area contributed by atoms with Crippen molar-refractivity contribution in [1.82, 2.24) is 0 Å². The average molecular weight is 433 g/mol. The third-order valence-electron chi connectivity index (χ3n) is 5.77. The number of ether oxygens (including phenoxy) is 2. The van der Waals surface area contributed by atoms with Crippen LogP contribution in [0.4, 0.5) is 0 Å². The van der Waals surface area contributed by atoms with Crippen LogP contribution in [-0.4, -0.2) is 69.0 Å². The molecular weight excluding hydrogens is 392 g/mol. The van der Waals surface area contributed by atoms with Crippen LogP contribution in [-0.2, 0) is 19.1 Å². The molecule has 4 N–H and O–H groups in total. The van der Waals surface area contributed by atoms with Gasteiger partial charge in [0.2, 0.25) is 0 Å². The number of esters is 2. The van der Waals surface area contributed by atoms with E-state index in [0.29, 0.717) is 25.7 Å². The van der Waals surface area contributed by atoms with Crippen LogP contribution >= 0.6 is 0 Å². The Kier molecular flexibility index (Phi) is 11.8. The molecule has 30 heavy (non-hydrogen) atoms. The van der Waals surface area contributed by atoms with E-state index in [4.69, 9.17) is 9.47 Å². The van der Waals surface area contributed by atoms with E-state index in [9.17, 15) is 30.0 Å². The highest BCUT2D eigenvalue weighted by atomic mass is 16.6. The van der Waals surface area contributed by atoms with E-state index < -0.39 is 48.6 Å². The molecule has 176 valence electrons. The molecule has 0 radical (unpaired) electrons. The largest absolute Gasteiger partial charge is 0.456 e. The van der Waals surface area contributed by atoms with Gasteiger partial charge in [0.1, 0.15) is 24.4 Å². The molecule has 0 aromatic heterocycles. The number of aliphatic hydroxyl groups is 4. The first-order chi connectivity index (χ1) is 14.2. The lowest BCUT2D eigenvalue weighted by Crippen LogP contribution is -2.65. The number of hydrogen-bond donors (Lipinski definition) is 4. The normalized spacial score (nSPS) is 29.3. The van der Waals surface area contributed by atoms with Crippen LogP contribution in [0.25, 0.3) is 0 Å². The standard InChI is InChI=1S/C22H40O8/c1-5-9-13(10-6-2)21(27)29-19-15(23)17(25)20(18(26)16(19)24)30-22(28)14(11-7-3)12-8-4/h13-20,23-26H,5-12H2,1-4H3/t15-,16-,17-,18+,19+,20+/m1/s1. The minimum absolute atomic E-state index is 0.381. The fraction of sp³-hybridized carbons (Fsp3) is 0.909. The van der Waals surface area contributed by atoms with Gasteiger partial charge in [-0.25, -0.2) is 0 Å². The lowest BCUT2D eigenvalue weighted by molar-refractivity contribution is -0.243. The first kappa shape index (κ1) is 26.8. The molecule has 0 aliphatic heterocycles. The second-order valence-corrected chi connectivity index (χ2v) is 8.31. The van der Waals surface area contributed by atoms with Crippen LogP contribution < -0.4 is 0 Å². The Morgan fingerprint density at radius 3 is 1.03 bits per heavy atom. The van der Waals surface area contributed by atoms with Gasteiger partial charge in [0.05, 0.1) is 11.8 Å². The predicted octanol–water partition coefficient (Wildman–Crippen LogP) is 1.70. The van der Waals surface area contributed by atoms with Gasteiger partial charge in [-0.3, -0.25) is 9.59 Å². The maximum absolute atomic E-state index is 12.5. The quantitative estimate of drug-likeness (QED) is 0.343. The van der Waals surface area contributed by atoms with Crippen LogP contribution in [0.1, 0.15) is 79.1 Å². The van der Waals surface area contributed by atoms with Crippen molar-refractivity contribution in [3.05, 3.63) is 0 Å². The van der Waals surface area contributed by atoms with E-state index in [1.54, 1.807) is 0 Å². The van der Waals surface area contributed by atoms with Crippen LogP contribution in [0.2, 0.25) is 0 Å². The van der Waals surface area contributed by atoms with E-state index in [2.05, 4.69) is 0 Å². The summed E-state index contributed by atoms with van der Waals surface area (Å²) in [5.74, 6) is -1.92. The van der Waals surface area contributed by atoms with E-state index in [1.807, 2.05) is 27.7 Å². The topological polar surface area (TPSA) is 134 Å². The van der Waals surface area contributed by atoms with Crippen molar-refractivity contribution < 1.29 is 39.5 Å². The van der Waals surface area contributed by atoms with Crippen LogP contribution in [0.5, 0.6) is 0 Å². The van der Waals surface area contributed by atoms with Crippen molar-refractivity contribution in [3.63, 3.8) is 0 Å². The summed E-state index contributed by atoms with van der Waals surface area (Å²) >= 11 is 0. The van der Waals surface area contributed by atoms with Gasteiger partial charge in [0, 0.05) is 0 Å². The smallest absolute Gasteiger partial charge is 0.309 e. The van der Waals surface area contributed by atoms with Crippen molar-refractivity contribution in [2.75, 3.05) is 0 Å². The van der Waals surface area contributed by atoms with E-state index in [0.717, 1.165) is 25.7 Å². The Hall–Kier alpha value is -1.22. The van der Waals surface area contributed by atoms with Crippen molar-refractivity contribution in [2.45, 2.75) is 116 Å². The molecule has 0 aromatic carbocycles. The van der Waals surface area contributed by atoms with Gasteiger partial charge in [-0.15, -0.1) is 0 Å². The Balaban J connectivity index is 2.88. The molecule has 8 nitrogen and oxygen atoms in total. The Morgan fingerprint density at radius 1 is 0.600 bits per heavy atom. The summed E-state index contributed by atoms with van der Waals surface area (Å²) in [6.07, 6.45) is -4.26. The molecule has 0 bridgehead atoms. The summed E-state index contributed by atoms with van der Waals surface area (Å²) in [5, 5.41) is 41.8. The molecule has 0 unspecified atom stereocenters. The van der Waals surface area contributed by atoms with Crippen LogP contribution in [0, 0.1) is 11.8 Å². The minimum atomic E-state index is -1.69. The molecule has 1 rings (SSSR count). The lowest BCUT2D eigenvalue weighted by atomic mass is 9.84. The zero-order valence-corrected chi connectivity index (χ0v) is 18.7. The minimum Gasteiger partial charge on any atom is -0.456 e. The summed E-state index contributed by atoms with van der Waals surface area (Å²) in [5.41, 5.74) is 0. The monoisotopic (exact) mass is 432 g/mol. The maximum Gasteiger partial charge on any atom is 0.309 e. The highest BCUT2D eigenvalue weighted by Crippen LogP contribution is 2.29. The van der Waals surface area contributed by atoms with E-state index in [-0.39, 0.29) is 11.8 Å². The molecule has 0 amide bonds. The van der Waals surface area contributed by atoms with Gasteiger partial charge in [0.15, 0.2) is 12.2 Å². The first-order valence-electron chi connectivity index (χ1n) is 11.4. The SMILES string of the molecule is CCCC(CCC)C(=O)O[C@H]1[C@H](O)[C@@H](O)[C@H](OC(=O)C(CCC)CCC)[C@@H](O)[C@H]1O. The number of carbonyl (C=O) groups is 2. The van der Waals surface area contributed by atoms with Crippen LogP contribution in [0.3, 0.4) is 0 Å². The Labute approximate surface area is 179 Å². The first-order valence-corrected chi connectivity index (χ1v) is 11.4. The third kappa shape index (κ3) is 6.90. The molecule has 1 aliphatic carbocycles.